The maximum Gasteiger partial charge on any atom is 0.193 e. The van der Waals surface area contributed by atoms with E-state index in [2.05, 4.69) is 20.1 Å². The van der Waals surface area contributed by atoms with Crippen molar-refractivity contribution in [2.45, 2.75) is 44.1 Å². The average Bonchev–Trinajstić information content (AvgIpc) is 3.40. The Morgan fingerprint density at radius 1 is 1.00 bits per heavy atom. The van der Waals surface area contributed by atoms with Gasteiger partial charge in [0.1, 0.15) is 0 Å². The third kappa shape index (κ3) is 4.15. The molecule has 1 N–H and O–H groups in total. The molecule has 4 aliphatic heterocycles. The summed E-state index contributed by atoms with van der Waals surface area (Å²) in [7, 11) is 1.92. The SMILES string of the molecule is CN=C(NCC1(N2CCCC2)CCOCC1)N1CCC2(CCOC2)C1.I. The first-order valence-electron chi connectivity index (χ1n) is 10.1. The number of likely N-dealkylation sites (tertiary alicyclic amines) is 2. The van der Waals surface area contributed by atoms with E-state index < -0.39 is 0 Å². The fourth-order valence-electron chi connectivity index (χ4n) is 5.21. The fraction of sp³-hybridized carbons (Fsp3) is 0.947. The normalized spacial score (nSPS) is 32.2. The predicted molar refractivity (Wildman–Crippen MR) is 114 cm³/mol. The monoisotopic (exact) mass is 478 g/mol. The summed E-state index contributed by atoms with van der Waals surface area (Å²) in [5.41, 5.74) is 0.626. The van der Waals surface area contributed by atoms with E-state index in [0.717, 1.165) is 64.9 Å². The molecule has 0 radical (unpaired) electrons. The van der Waals surface area contributed by atoms with Crippen molar-refractivity contribution in [2.75, 3.05) is 66.2 Å². The van der Waals surface area contributed by atoms with Gasteiger partial charge in [-0.1, -0.05) is 0 Å². The van der Waals surface area contributed by atoms with Crippen LogP contribution in [0.5, 0.6) is 0 Å². The lowest BCUT2D eigenvalue weighted by molar-refractivity contribution is -0.0166. The van der Waals surface area contributed by atoms with E-state index >= 15 is 0 Å². The lowest BCUT2D eigenvalue weighted by Crippen LogP contribution is -2.58. The first-order valence-corrected chi connectivity index (χ1v) is 10.1. The van der Waals surface area contributed by atoms with E-state index in [-0.39, 0.29) is 29.5 Å². The van der Waals surface area contributed by atoms with Gasteiger partial charge >= 0.3 is 0 Å². The van der Waals surface area contributed by atoms with Crippen LogP contribution in [0.25, 0.3) is 0 Å². The van der Waals surface area contributed by atoms with Crippen LogP contribution in [0.1, 0.15) is 38.5 Å². The van der Waals surface area contributed by atoms with E-state index in [4.69, 9.17) is 9.47 Å². The van der Waals surface area contributed by atoms with Gasteiger partial charge in [0, 0.05) is 57.5 Å². The van der Waals surface area contributed by atoms with Crippen molar-refractivity contribution in [1.82, 2.24) is 15.1 Å². The molecule has 0 aromatic rings. The van der Waals surface area contributed by atoms with Gasteiger partial charge in [0.15, 0.2) is 5.96 Å². The molecule has 26 heavy (non-hydrogen) atoms. The predicted octanol–water partition coefficient (Wildman–Crippen LogP) is 1.94. The van der Waals surface area contributed by atoms with Gasteiger partial charge in [0.25, 0.3) is 0 Å². The maximum atomic E-state index is 5.68. The summed E-state index contributed by atoms with van der Waals surface area (Å²) in [4.78, 5) is 9.77. The van der Waals surface area contributed by atoms with Crippen LogP contribution < -0.4 is 5.32 Å². The van der Waals surface area contributed by atoms with Crippen LogP contribution >= 0.6 is 24.0 Å². The fourth-order valence-corrected chi connectivity index (χ4v) is 5.21. The summed E-state index contributed by atoms with van der Waals surface area (Å²) in [6.07, 6.45) is 7.38. The Labute approximate surface area is 175 Å². The van der Waals surface area contributed by atoms with Gasteiger partial charge in [-0.05, 0) is 51.6 Å². The first kappa shape index (κ1) is 20.6. The van der Waals surface area contributed by atoms with Gasteiger partial charge in [-0.3, -0.25) is 9.89 Å². The van der Waals surface area contributed by atoms with Crippen molar-refractivity contribution < 1.29 is 9.47 Å². The number of ether oxygens (including phenoxy) is 2. The molecule has 150 valence electrons. The van der Waals surface area contributed by atoms with Crippen molar-refractivity contribution >= 4 is 29.9 Å². The number of hydrogen-bond donors (Lipinski definition) is 1. The highest BCUT2D eigenvalue weighted by Gasteiger charge is 2.43. The molecule has 1 unspecified atom stereocenters. The number of nitrogens with zero attached hydrogens (tertiary/aromatic N) is 3. The molecule has 4 heterocycles. The van der Waals surface area contributed by atoms with Gasteiger partial charge in [0.2, 0.25) is 0 Å². The van der Waals surface area contributed by atoms with Crippen LogP contribution in [0.15, 0.2) is 4.99 Å². The van der Waals surface area contributed by atoms with Crippen LogP contribution in [-0.4, -0.2) is 87.5 Å². The Morgan fingerprint density at radius 2 is 1.73 bits per heavy atom. The largest absolute Gasteiger partial charge is 0.381 e. The van der Waals surface area contributed by atoms with Gasteiger partial charge in [-0.25, -0.2) is 0 Å². The molecular formula is C19H35IN4O2. The highest BCUT2D eigenvalue weighted by Crippen LogP contribution is 2.38. The smallest absolute Gasteiger partial charge is 0.193 e. The molecule has 4 fully saturated rings. The number of aliphatic imine (C=N–C) groups is 1. The minimum absolute atomic E-state index is 0. The number of guanidine groups is 1. The molecule has 1 spiro atoms. The molecule has 0 aromatic heterocycles. The highest BCUT2D eigenvalue weighted by atomic mass is 127. The number of nitrogens with one attached hydrogen (secondary N) is 1. The van der Waals surface area contributed by atoms with Gasteiger partial charge in [-0.15, -0.1) is 24.0 Å². The molecule has 6 nitrogen and oxygen atoms in total. The zero-order valence-corrected chi connectivity index (χ0v) is 18.5. The second kappa shape index (κ2) is 8.92. The van der Waals surface area contributed by atoms with Crippen LogP contribution in [-0.2, 0) is 9.47 Å². The third-order valence-corrected chi connectivity index (χ3v) is 6.91. The molecule has 4 saturated heterocycles. The average molecular weight is 478 g/mol. The zero-order chi connectivity index (χ0) is 17.2. The second-order valence-electron chi connectivity index (χ2n) is 8.41. The standard InChI is InChI=1S/C19H34N4O2.HI/c1-20-17(22-10-4-18(15-22)5-11-25-16-18)21-14-19(6-12-24-13-7-19)23-8-2-3-9-23;/h2-16H2,1H3,(H,20,21);1H. The van der Waals surface area contributed by atoms with E-state index in [0.29, 0.717) is 5.41 Å². The third-order valence-electron chi connectivity index (χ3n) is 6.91. The minimum Gasteiger partial charge on any atom is -0.381 e. The Morgan fingerprint density at radius 3 is 2.38 bits per heavy atom. The minimum atomic E-state index is 0. The van der Waals surface area contributed by atoms with Crippen molar-refractivity contribution in [3.05, 3.63) is 0 Å². The molecule has 0 aliphatic carbocycles. The van der Waals surface area contributed by atoms with Crippen LogP contribution in [0.2, 0.25) is 0 Å². The van der Waals surface area contributed by atoms with E-state index in [1.54, 1.807) is 0 Å². The number of hydrogen-bond acceptors (Lipinski definition) is 4. The zero-order valence-electron chi connectivity index (χ0n) is 16.2. The van der Waals surface area contributed by atoms with Crippen molar-refractivity contribution in [1.29, 1.82) is 0 Å². The number of halogens is 1. The summed E-state index contributed by atoms with van der Waals surface area (Å²) in [6.45, 7) is 9.29. The summed E-state index contributed by atoms with van der Waals surface area (Å²) >= 11 is 0. The summed E-state index contributed by atoms with van der Waals surface area (Å²) in [5, 5.41) is 3.74. The van der Waals surface area contributed by atoms with E-state index in [1.807, 2.05) is 7.05 Å². The molecule has 0 amide bonds. The molecule has 0 aromatic carbocycles. The van der Waals surface area contributed by atoms with Crippen LogP contribution in [0.4, 0.5) is 0 Å². The Bertz CT molecular complexity index is 484. The Hall–Kier alpha value is -0.120. The van der Waals surface area contributed by atoms with Crippen LogP contribution in [0, 0.1) is 5.41 Å². The van der Waals surface area contributed by atoms with E-state index in [9.17, 15) is 0 Å². The highest BCUT2D eigenvalue weighted by molar-refractivity contribution is 14.0. The molecule has 4 aliphatic rings. The number of rotatable bonds is 3. The Kier molecular flexibility index (Phi) is 7.07. The molecule has 7 heteroatoms. The molecule has 1 atom stereocenters. The van der Waals surface area contributed by atoms with Gasteiger partial charge in [0.05, 0.1) is 6.61 Å². The Balaban J connectivity index is 0.00000196. The molecule has 0 saturated carbocycles. The summed E-state index contributed by atoms with van der Waals surface area (Å²) in [6, 6.07) is 0. The summed E-state index contributed by atoms with van der Waals surface area (Å²) in [5.74, 6) is 1.08. The maximum absolute atomic E-state index is 5.68. The lowest BCUT2D eigenvalue weighted by atomic mass is 9.87. The second-order valence-corrected chi connectivity index (χ2v) is 8.41. The topological polar surface area (TPSA) is 49.3 Å². The molecule has 4 rings (SSSR count). The first-order chi connectivity index (χ1) is 12.3. The summed E-state index contributed by atoms with van der Waals surface area (Å²) < 4.78 is 11.3. The van der Waals surface area contributed by atoms with Crippen molar-refractivity contribution in [3.63, 3.8) is 0 Å². The molecule has 0 bridgehead atoms. The molecular weight excluding hydrogens is 443 g/mol. The van der Waals surface area contributed by atoms with Gasteiger partial charge < -0.3 is 19.7 Å². The van der Waals surface area contributed by atoms with E-state index in [1.165, 1.54) is 38.8 Å². The van der Waals surface area contributed by atoms with Crippen molar-refractivity contribution in [2.24, 2.45) is 10.4 Å². The van der Waals surface area contributed by atoms with Crippen LogP contribution in [0.3, 0.4) is 0 Å². The van der Waals surface area contributed by atoms with Crippen molar-refractivity contribution in [3.8, 4) is 0 Å². The lowest BCUT2D eigenvalue weighted by Gasteiger charge is -2.45. The quantitative estimate of drug-likeness (QED) is 0.382. The van der Waals surface area contributed by atoms with Gasteiger partial charge in [-0.2, -0.15) is 0 Å².